The van der Waals surface area contributed by atoms with Crippen molar-refractivity contribution in [3.8, 4) is 0 Å². The van der Waals surface area contributed by atoms with E-state index >= 15 is 0 Å². The van der Waals surface area contributed by atoms with Crippen LogP contribution < -0.4 is 24.8 Å². The molecule has 0 aromatic heterocycles. The van der Waals surface area contributed by atoms with Crippen LogP contribution in [-0.2, 0) is 26.5 Å². The van der Waals surface area contributed by atoms with Crippen LogP contribution in [0, 0.1) is 0 Å². The van der Waals surface area contributed by atoms with Gasteiger partial charge in [0.1, 0.15) is 0 Å². The molecule has 0 aromatic carbocycles. The van der Waals surface area contributed by atoms with Crippen molar-refractivity contribution in [2.75, 3.05) is 6.61 Å². The second-order valence-electron chi connectivity index (χ2n) is 2.63. The third kappa shape index (κ3) is 7.94. The van der Waals surface area contributed by atoms with Gasteiger partial charge in [-0.2, -0.15) is 0 Å². The molecule has 0 saturated carbocycles. The van der Waals surface area contributed by atoms with Crippen LogP contribution in [0.4, 0.5) is 0 Å². The minimum absolute atomic E-state index is 0. The van der Waals surface area contributed by atoms with Crippen LogP contribution >= 0.6 is 0 Å². The Hall–Kier alpha value is 0.903. The van der Waals surface area contributed by atoms with Crippen molar-refractivity contribution in [1.82, 2.24) is 0 Å². The first-order valence-electron chi connectivity index (χ1n) is 4.17. The van der Waals surface area contributed by atoms with E-state index in [4.69, 9.17) is 2.81 Å². The normalized spacial score (nSPS) is 12.5. The van der Waals surface area contributed by atoms with E-state index in [2.05, 4.69) is 25.2 Å². The molecule has 4 heteroatoms. The minimum Gasteiger partial charge on any atom is -1.00 e. The van der Waals surface area contributed by atoms with Crippen LogP contribution in [0.3, 0.4) is 0 Å². The molecule has 0 N–H and O–H groups in total. The minimum atomic E-state index is -0.594. The molecule has 1 aliphatic rings. The monoisotopic (exact) mass is 298 g/mol. The Kier molecular flexibility index (Phi) is 13.8. The maximum atomic E-state index is 5.62. The smallest absolute Gasteiger partial charge is 1.00 e. The molecular weight excluding hydrogens is 286 g/mol. The summed E-state index contributed by atoms with van der Waals surface area (Å²) in [5.41, 5.74) is 0. The van der Waals surface area contributed by atoms with Gasteiger partial charge in [-0.05, 0) is 0 Å². The number of allylic oxidation sites excluding steroid dienone is 4. The predicted molar refractivity (Wildman–Crippen MR) is 42.7 cm³/mol. The molecule has 1 aliphatic carbocycles. The van der Waals surface area contributed by atoms with E-state index in [1.54, 1.807) is 3.28 Å². The molecule has 0 unspecified atom stereocenters. The van der Waals surface area contributed by atoms with Crippen molar-refractivity contribution in [2.24, 2.45) is 0 Å². The summed E-state index contributed by atoms with van der Waals surface area (Å²) in [4.78, 5) is 0. The van der Waals surface area contributed by atoms with Gasteiger partial charge in [-0.25, -0.2) is 0 Å². The Balaban J connectivity index is 0. The molecule has 0 bridgehead atoms. The average molecular weight is 300 g/mol. The topological polar surface area (TPSA) is 9.23 Å². The summed E-state index contributed by atoms with van der Waals surface area (Å²) in [5.74, 6) is 0. The molecule has 0 saturated heterocycles. The zero-order chi connectivity index (χ0) is 7.94. The number of hydrogen-bond donors (Lipinski definition) is 0. The molecular formula is C9H14Cl2OZr. The molecule has 0 fully saturated rings. The van der Waals surface area contributed by atoms with E-state index in [0.717, 1.165) is 13.0 Å². The van der Waals surface area contributed by atoms with E-state index in [0.29, 0.717) is 0 Å². The summed E-state index contributed by atoms with van der Waals surface area (Å²) in [5, 5.41) is 0. The Bertz CT molecular complexity index is 169. The standard InChI is InChI=1S/C5H5.C4H9O.2ClH.Zr/c1-2-4-5-3-1;1-2-3-4-5;;;/h1-3H,4H2;2-4H2,1H3;2*1H;/q;-1;;;+3/p-2. The molecule has 1 rings (SSSR count). The summed E-state index contributed by atoms with van der Waals surface area (Å²) >= 11 is -0.594. The Morgan fingerprint density at radius 3 is 2.77 bits per heavy atom. The van der Waals surface area contributed by atoms with Gasteiger partial charge in [-0.3, -0.25) is 0 Å². The van der Waals surface area contributed by atoms with Crippen molar-refractivity contribution in [2.45, 2.75) is 26.2 Å². The van der Waals surface area contributed by atoms with Crippen LogP contribution in [-0.4, -0.2) is 6.61 Å². The first-order chi connectivity index (χ1) is 5.43. The van der Waals surface area contributed by atoms with Crippen molar-refractivity contribution >= 4 is 0 Å². The number of unbranched alkanes of at least 4 members (excludes halogenated alkanes) is 1. The van der Waals surface area contributed by atoms with Crippen molar-refractivity contribution in [3.63, 3.8) is 0 Å². The van der Waals surface area contributed by atoms with E-state index in [1.807, 2.05) is 0 Å². The van der Waals surface area contributed by atoms with Crippen LogP contribution in [0.1, 0.15) is 26.2 Å². The molecule has 0 atom stereocenters. The van der Waals surface area contributed by atoms with Gasteiger partial charge >= 0.3 is 80.8 Å². The molecule has 0 heterocycles. The molecule has 74 valence electrons. The zero-order valence-electron chi connectivity index (χ0n) is 7.72. The van der Waals surface area contributed by atoms with Gasteiger partial charge in [0, 0.05) is 0 Å². The van der Waals surface area contributed by atoms with Gasteiger partial charge in [-0.1, -0.05) is 0 Å². The SMILES string of the molecule is CCCC[O][Zr+2][C]1=CC=CC1.[Cl-].[Cl-]. The molecule has 13 heavy (non-hydrogen) atoms. The Morgan fingerprint density at radius 2 is 2.23 bits per heavy atom. The molecule has 0 spiro atoms. The Labute approximate surface area is 105 Å². The van der Waals surface area contributed by atoms with Crippen molar-refractivity contribution in [1.29, 1.82) is 0 Å². The quantitative estimate of drug-likeness (QED) is 0.482. The van der Waals surface area contributed by atoms with Gasteiger partial charge in [0.15, 0.2) is 0 Å². The number of halogens is 2. The van der Waals surface area contributed by atoms with E-state index in [-0.39, 0.29) is 24.8 Å². The first-order valence-corrected chi connectivity index (χ1v) is 6.40. The maximum absolute atomic E-state index is 5.62. The van der Waals surface area contributed by atoms with Gasteiger partial charge in [-0.15, -0.1) is 0 Å². The summed E-state index contributed by atoms with van der Waals surface area (Å²) < 4.78 is 7.19. The van der Waals surface area contributed by atoms with Crippen molar-refractivity contribution < 1.29 is 51.3 Å². The van der Waals surface area contributed by atoms with Crippen molar-refractivity contribution in [3.05, 3.63) is 21.5 Å². The van der Waals surface area contributed by atoms with E-state index in [1.165, 1.54) is 12.8 Å². The Morgan fingerprint density at radius 1 is 1.46 bits per heavy atom. The van der Waals surface area contributed by atoms with Gasteiger partial charge in [0.2, 0.25) is 0 Å². The van der Waals surface area contributed by atoms with Crippen LogP contribution in [0.5, 0.6) is 0 Å². The maximum Gasteiger partial charge on any atom is -1.00 e. The van der Waals surface area contributed by atoms with E-state index in [9.17, 15) is 0 Å². The fraction of sp³-hybridized carbons (Fsp3) is 0.556. The second-order valence-corrected chi connectivity index (χ2v) is 5.42. The second kappa shape index (κ2) is 11.0. The fourth-order valence-corrected chi connectivity index (χ4v) is 2.84. The molecule has 0 aromatic rings. The fourth-order valence-electron chi connectivity index (χ4n) is 0.883. The summed E-state index contributed by atoms with van der Waals surface area (Å²) in [6.45, 7) is 3.19. The molecule has 0 aliphatic heterocycles. The van der Waals surface area contributed by atoms with Crippen LogP contribution in [0.2, 0.25) is 0 Å². The average Bonchev–Trinajstić information content (AvgIpc) is 2.50. The molecule has 0 amide bonds. The molecule has 1 nitrogen and oxygen atoms in total. The largest absolute Gasteiger partial charge is 1.00 e. The van der Waals surface area contributed by atoms with Gasteiger partial charge < -0.3 is 24.8 Å². The third-order valence-corrected chi connectivity index (χ3v) is 3.99. The third-order valence-electron chi connectivity index (χ3n) is 1.57. The number of rotatable bonds is 5. The zero-order valence-corrected chi connectivity index (χ0v) is 11.7. The number of hydrogen-bond acceptors (Lipinski definition) is 1. The van der Waals surface area contributed by atoms with Gasteiger partial charge in [0.25, 0.3) is 0 Å². The molecule has 0 radical (unpaired) electrons. The predicted octanol–water partition coefficient (Wildman–Crippen LogP) is -3.35. The summed E-state index contributed by atoms with van der Waals surface area (Å²) in [7, 11) is 0. The summed E-state index contributed by atoms with van der Waals surface area (Å²) in [6, 6.07) is 0. The first kappa shape index (κ1) is 16.3. The summed E-state index contributed by atoms with van der Waals surface area (Å²) in [6.07, 6.45) is 10.2. The van der Waals surface area contributed by atoms with E-state index < -0.39 is 23.7 Å². The van der Waals surface area contributed by atoms with Crippen LogP contribution in [0.25, 0.3) is 0 Å². The van der Waals surface area contributed by atoms with Gasteiger partial charge in [0.05, 0.1) is 0 Å². The van der Waals surface area contributed by atoms with Crippen LogP contribution in [0.15, 0.2) is 21.5 Å².